The monoisotopic (exact) mass is 309 g/mol. The number of aliphatic carboxylic acids is 1. The third kappa shape index (κ3) is 2.43. The summed E-state index contributed by atoms with van der Waals surface area (Å²) >= 11 is 0. The molecule has 0 unspecified atom stereocenters. The van der Waals surface area contributed by atoms with E-state index >= 15 is 0 Å². The molecule has 0 saturated carbocycles. The van der Waals surface area contributed by atoms with Crippen LogP contribution in [0.25, 0.3) is 0 Å². The number of hydrogen-bond donors (Lipinski definition) is 1. The van der Waals surface area contributed by atoms with Crippen molar-refractivity contribution in [3.05, 3.63) is 17.7 Å². The zero-order valence-electron chi connectivity index (χ0n) is 13.0. The number of amides is 1. The van der Waals surface area contributed by atoms with Crippen LogP contribution in [0.5, 0.6) is 17.2 Å². The van der Waals surface area contributed by atoms with E-state index in [1.54, 1.807) is 12.1 Å². The van der Waals surface area contributed by atoms with Crippen molar-refractivity contribution in [2.75, 3.05) is 28.4 Å². The van der Waals surface area contributed by atoms with E-state index in [2.05, 4.69) is 0 Å². The zero-order chi connectivity index (χ0) is 16.4. The van der Waals surface area contributed by atoms with E-state index in [-0.39, 0.29) is 12.3 Å². The second-order valence-corrected chi connectivity index (χ2v) is 5.02. The summed E-state index contributed by atoms with van der Waals surface area (Å²) in [7, 11) is 5.94. The molecule has 0 bridgehead atoms. The molecule has 1 fully saturated rings. The lowest BCUT2D eigenvalue weighted by Gasteiger charge is -2.23. The average Bonchev–Trinajstić information content (AvgIpc) is 2.80. The van der Waals surface area contributed by atoms with Gasteiger partial charge in [0.25, 0.3) is 0 Å². The summed E-state index contributed by atoms with van der Waals surface area (Å²) in [5.41, 5.74) is 0.616. The minimum Gasteiger partial charge on any atom is -0.493 e. The van der Waals surface area contributed by atoms with E-state index < -0.39 is 17.9 Å². The van der Waals surface area contributed by atoms with E-state index in [1.165, 1.54) is 33.3 Å². The van der Waals surface area contributed by atoms with Gasteiger partial charge in [-0.3, -0.25) is 4.79 Å². The third-order valence-corrected chi connectivity index (χ3v) is 3.97. The Morgan fingerprint density at radius 1 is 1.18 bits per heavy atom. The minimum atomic E-state index is -1.05. The maximum absolute atomic E-state index is 11.9. The fourth-order valence-electron chi connectivity index (χ4n) is 2.90. The molecule has 1 heterocycles. The van der Waals surface area contributed by atoms with Crippen molar-refractivity contribution in [2.24, 2.45) is 0 Å². The van der Waals surface area contributed by atoms with Crippen LogP contribution in [-0.4, -0.2) is 56.3 Å². The molecule has 22 heavy (non-hydrogen) atoms. The summed E-state index contributed by atoms with van der Waals surface area (Å²) in [6.07, 6.45) is 0.110. The molecule has 1 aromatic rings. The molecule has 0 aromatic heterocycles. The molecule has 0 spiro atoms. The Morgan fingerprint density at radius 3 is 2.32 bits per heavy atom. The number of hydrogen-bond acceptors (Lipinski definition) is 5. The van der Waals surface area contributed by atoms with Crippen LogP contribution in [0.15, 0.2) is 12.1 Å². The summed E-state index contributed by atoms with van der Waals surface area (Å²) in [4.78, 5) is 24.7. The second-order valence-electron chi connectivity index (χ2n) is 5.02. The third-order valence-electron chi connectivity index (χ3n) is 3.97. The number of carboxylic acid groups (broad SMARTS) is 1. The van der Waals surface area contributed by atoms with Crippen LogP contribution in [0.3, 0.4) is 0 Å². The van der Waals surface area contributed by atoms with E-state index in [9.17, 15) is 14.7 Å². The topological polar surface area (TPSA) is 85.3 Å². The Kier molecular flexibility index (Phi) is 4.44. The fourth-order valence-corrected chi connectivity index (χ4v) is 2.90. The quantitative estimate of drug-likeness (QED) is 0.877. The maximum Gasteiger partial charge on any atom is 0.327 e. The van der Waals surface area contributed by atoms with Crippen molar-refractivity contribution < 1.29 is 28.9 Å². The highest BCUT2D eigenvalue weighted by Crippen LogP contribution is 2.46. The van der Waals surface area contributed by atoms with Gasteiger partial charge in [0.1, 0.15) is 6.04 Å². The van der Waals surface area contributed by atoms with Gasteiger partial charge in [0, 0.05) is 24.9 Å². The molecule has 1 aromatic carbocycles. The standard InChI is InChI=1S/C15H19NO6/c1-16-11(17)7-9(12(16)15(18)19)8-5-6-10(20-2)14(22-4)13(8)21-3/h5-6,9,12H,7H2,1-4H3,(H,18,19)/t9-,12+/m0/s1. The Hall–Kier alpha value is -2.44. The molecule has 2 atom stereocenters. The predicted octanol–water partition coefficient (Wildman–Crippen LogP) is 1.11. The number of likely N-dealkylation sites (N-methyl/N-ethyl adjacent to an activating group) is 1. The number of carbonyl (C=O) groups excluding carboxylic acids is 1. The lowest BCUT2D eigenvalue weighted by atomic mass is 9.90. The van der Waals surface area contributed by atoms with Crippen molar-refractivity contribution in [3.63, 3.8) is 0 Å². The van der Waals surface area contributed by atoms with Gasteiger partial charge in [0.15, 0.2) is 11.5 Å². The van der Waals surface area contributed by atoms with Gasteiger partial charge in [-0.1, -0.05) is 6.07 Å². The minimum absolute atomic E-state index is 0.110. The Morgan fingerprint density at radius 2 is 1.82 bits per heavy atom. The zero-order valence-corrected chi connectivity index (χ0v) is 13.0. The van der Waals surface area contributed by atoms with Crippen molar-refractivity contribution >= 4 is 11.9 Å². The number of nitrogens with zero attached hydrogens (tertiary/aromatic N) is 1. The molecular weight excluding hydrogens is 290 g/mol. The summed E-state index contributed by atoms with van der Waals surface area (Å²) in [5.74, 6) is -0.517. The number of benzene rings is 1. The molecule has 1 aliphatic rings. The summed E-state index contributed by atoms with van der Waals surface area (Å²) in [5, 5.41) is 9.43. The highest BCUT2D eigenvalue weighted by Gasteiger charge is 2.44. The van der Waals surface area contributed by atoms with Crippen LogP contribution < -0.4 is 14.2 Å². The van der Waals surface area contributed by atoms with Crippen LogP contribution in [0, 0.1) is 0 Å². The number of likely N-dealkylation sites (tertiary alicyclic amines) is 1. The number of ether oxygens (including phenoxy) is 3. The van der Waals surface area contributed by atoms with Crippen LogP contribution in [-0.2, 0) is 9.59 Å². The first-order valence-electron chi connectivity index (χ1n) is 6.73. The van der Waals surface area contributed by atoms with Gasteiger partial charge in [-0.05, 0) is 6.07 Å². The van der Waals surface area contributed by atoms with Gasteiger partial charge in [-0.25, -0.2) is 4.79 Å². The summed E-state index contributed by atoms with van der Waals surface area (Å²) < 4.78 is 15.9. The molecule has 7 nitrogen and oxygen atoms in total. The SMILES string of the molecule is COc1ccc([C@@H]2CC(=O)N(C)[C@H]2C(=O)O)c(OC)c1OC. The average molecular weight is 309 g/mol. The molecule has 0 radical (unpaired) electrons. The Balaban J connectivity index is 2.56. The first-order valence-corrected chi connectivity index (χ1v) is 6.73. The Labute approximate surface area is 128 Å². The number of methoxy groups -OCH3 is 3. The predicted molar refractivity (Wildman–Crippen MR) is 77.6 cm³/mol. The van der Waals surface area contributed by atoms with Crippen LogP contribution in [0.2, 0.25) is 0 Å². The van der Waals surface area contributed by atoms with Crippen molar-refractivity contribution in [1.29, 1.82) is 0 Å². The van der Waals surface area contributed by atoms with Crippen molar-refractivity contribution in [2.45, 2.75) is 18.4 Å². The summed E-state index contributed by atoms with van der Waals surface area (Å²) in [6, 6.07) is 2.46. The van der Waals surface area contributed by atoms with E-state index in [1.807, 2.05) is 0 Å². The highest BCUT2D eigenvalue weighted by molar-refractivity contribution is 5.89. The summed E-state index contributed by atoms with van der Waals surface area (Å²) in [6.45, 7) is 0. The van der Waals surface area contributed by atoms with Gasteiger partial charge >= 0.3 is 5.97 Å². The fraction of sp³-hybridized carbons (Fsp3) is 0.467. The largest absolute Gasteiger partial charge is 0.493 e. The number of carboxylic acids is 1. The van der Waals surface area contributed by atoms with Crippen LogP contribution >= 0.6 is 0 Å². The van der Waals surface area contributed by atoms with E-state index in [0.717, 1.165) is 0 Å². The molecule has 1 saturated heterocycles. The molecule has 120 valence electrons. The molecular formula is C15H19NO6. The van der Waals surface area contributed by atoms with Gasteiger partial charge in [-0.2, -0.15) is 0 Å². The van der Waals surface area contributed by atoms with Gasteiger partial charge < -0.3 is 24.2 Å². The highest BCUT2D eigenvalue weighted by atomic mass is 16.5. The Bertz CT molecular complexity index is 600. The van der Waals surface area contributed by atoms with Gasteiger partial charge in [0.2, 0.25) is 11.7 Å². The van der Waals surface area contributed by atoms with Crippen LogP contribution in [0.1, 0.15) is 17.9 Å². The van der Waals surface area contributed by atoms with Gasteiger partial charge in [0.05, 0.1) is 21.3 Å². The normalized spacial score (nSPS) is 20.9. The first-order chi connectivity index (χ1) is 10.5. The molecule has 7 heteroatoms. The first kappa shape index (κ1) is 15.9. The number of carbonyl (C=O) groups is 2. The van der Waals surface area contributed by atoms with E-state index in [0.29, 0.717) is 22.8 Å². The molecule has 0 aliphatic carbocycles. The second kappa shape index (κ2) is 6.13. The number of rotatable bonds is 5. The van der Waals surface area contributed by atoms with E-state index in [4.69, 9.17) is 14.2 Å². The molecule has 1 aliphatic heterocycles. The lowest BCUT2D eigenvalue weighted by Crippen LogP contribution is -2.37. The lowest BCUT2D eigenvalue weighted by molar-refractivity contribution is -0.145. The van der Waals surface area contributed by atoms with Gasteiger partial charge in [-0.15, -0.1) is 0 Å². The molecule has 1 N–H and O–H groups in total. The van der Waals surface area contributed by atoms with Crippen molar-refractivity contribution in [1.82, 2.24) is 4.90 Å². The maximum atomic E-state index is 11.9. The van der Waals surface area contributed by atoms with Crippen LogP contribution in [0.4, 0.5) is 0 Å². The molecule has 1 amide bonds. The molecule has 2 rings (SSSR count). The smallest absolute Gasteiger partial charge is 0.327 e. The van der Waals surface area contributed by atoms with Crippen molar-refractivity contribution in [3.8, 4) is 17.2 Å².